The zero-order chi connectivity index (χ0) is 8.32. The van der Waals surface area contributed by atoms with Gasteiger partial charge in [0.2, 0.25) is 0 Å². The van der Waals surface area contributed by atoms with E-state index in [1.54, 1.807) is 4.90 Å². The summed E-state index contributed by atoms with van der Waals surface area (Å²) in [4.78, 5) is 1.80. The minimum Gasteiger partial charge on any atom is -0.331 e. The van der Waals surface area contributed by atoms with Gasteiger partial charge in [0, 0.05) is 0 Å². The molecule has 0 aromatic rings. The van der Waals surface area contributed by atoms with Crippen LogP contribution in [0.25, 0.3) is 0 Å². The predicted molar refractivity (Wildman–Crippen MR) is 48.9 cm³/mol. The van der Waals surface area contributed by atoms with Gasteiger partial charge in [-0.2, -0.15) is 0 Å². The number of quaternary nitrogens is 1. The van der Waals surface area contributed by atoms with E-state index in [4.69, 9.17) is 0 Å². The summed E-state index contributed by atoms with van der Waals surface area (Å²) in [6.07, 6.45) is 5.79. The first-order valence-corrected chi connectivity index (χ1v) is 4.96. The van der Waals surface area contributed by atoms with E-state index in [1.807, 2.05) is 0 Å². The standard InChI is InChI=1S/C10H21N/c1-10(2,3)11-8-6-4-5-7-9-11/h4-9H2,1-3H3/p+1. The lowest BCUT2D eigenvalue weighted by molar-refractivity contribution is -0.945. The molecule has 0 amide bonds. The lowest BCUT2D eigenvalue weighted by atomic mass is 10.1. The number of nitrogens with one attached hydrogen (secondary N) is 1. The van der Waals surface area contributed by atoms with E-state index in [0.29, 0.717) is 5.54 Å². The maximum Gasteiger partial charge on any atom is 0.0891 e. The summed E-state index contributed by atoms with van der Waals surface area (Å²) in [5, 5.41) is 0. The Morgan fingerprint density at radius 3 is 1.64 bits per heavy atom. The third kappa shape index (κ3) is 2.82. The highest BCUT2D eigenvalue weighted by Crippen LogP contribution is 2.02. The van der Waals surface area contributed by atoms with Crippen molar-refractivity contribution >= 4 is 0 Å². The molecule has 0 radical (unpaired) electrons. The average Bonchev–Trinajstić information content (AvgIpc) is 2.10. The third-order valence-corrected chi connectivity index (χ3v) is 2.77. The molecule has 0 aromatic carbocycles. The Hall–Kier alpha value is -0.0400. The van der Waals surface area contributed by atoms with Crippen LogP contribution in [0.1, 0.15) is 46.5 Å². The Bertz CT molecular complexity index is 105. The highest BCUT2D eigenvalue weighted by Gasteiger charge is 2.25. The second-order valence-corrected chi connectivity index (χ2v) is 4.77. The van der Waals surface area contributed by atoms with Gasteiger partial charge in [-0.1, -0.05) is 0 Å². The van der Waals surface area contributed by atoms with E-state index in [9.17, 15) is 0 Å². The van der Waals surface area contributed by atoms with Gasteiger partial charge in [-0.05, 0) is 46.5 Å². The molecule has 1 fully saturated rings. The first-order valence-electron chi connectivity index (χ1n) is 4.96. The first kappa shape index (κ1) is 9.05. The second kappa shape index (κ2) is 3.57. The van der Waals surface area contributed by atoms with Gasteiger partial charge in [-0.25, -0.2) is 0 Å². The summed E-state index contributed by atoms with van der Waals surface area (Å²) in [6, 6.07) is 0. The first-order chi connectivity index (χ1) is 5.11. The molecule has 1 rings (SSSR count). The normalized spacial score (nSPS) is 23.2. The van der Waals surface area contributed by atoms with Crippen LogP contribution < -0.4 is 4.90 Å². The Labute approximate surface area is 70.8 Å². The molecular formula is C10H22N+. The van der Waals surface area contributed by atoms with Crippen molar-refractivity contribution in [2.75, 3.05) is 13.1 Å². The molecule has 0 spiro atoms. The van der Waals surface area contributed by atoms with Crippen molar-refractivity contribution in [1.29, 1.82) is 0 Å². The highest BCUT2D eigenvalue weighted by atomic mass is 15.2. The summed E-state index contributed by atoms with van der Waals surface area (Å²) in [6.45, 7) is 9.85. The quantitative estimate of drug-likeness (QED) is 0.538. The summed E-state index contributed by atoms with van der Waals surface area (Å²) in [7, 11) is 0. The molecule has 0 aliphatic carbocycles. The molecule has 0 atom stereocenters. The van der Waals surface area contributed by atoms with E-state index in [0.717, 1.165) is 0 Å². The maximum atomic E-state index is 2.35. The molecule has 66 valence electrons. The molecule has 1 N–H and O–H groups in total. The van der Waals surface area contributed by atoms with Crippen LogP contribution >= 0.6 is 0 Å². The summed E-state index contributed by atoms with van der Waals surface area (Å²) < 4.78 is 0. The van der Waals surface area contributed by atoms with Crippen molar-refractivity contribution < 1.29 is 4.90 Å². The lowest BCUT2D eigenvalue weighted by Gasteiger charge is -2.31. The van der Waals surface area contributed by atoms with E-state index < -0.39 is 0 Å². The van der Waals surface area contributed by atoms with E-state index in [-0.39, 0.29) is 0 Å². The Morgan fingerprint density at radius 2 is 1.27 bits per heavy atom. The zero-order valence-electron chi connectivity index (χ0n) is 8.24. The van der Waals surface area contributed by atoms with Crippen LogP contribution in [-0.2, 0) is 0 Å². The van der Waals surface area contributed by atoms with Crippen LogP contribution in [0.5, 0.6) is 0 Å². The number of likely N-dealkylation sites (tertiary alicyclic amines) is 1. The van der Waals surface area contributed by atoms with Crippen LogP contribution in [0.15, 0.2) is 0 Å². The van der Waals surface area contributed by atoms with Crippen molar-refractivity contribution in [1.82, 2.24) is 0 Å². The zero-order valence-corrected chi connectivity index (χ0v) is 8.24. The molecule has 11 heavy (non-hydrogen) atoms. The van der Waals surface area contributed by atoms with Gasteiger partial charge in [0.05, 0.1) is 18.6 Å². The van der Waals surface area contributed by atoms with Crippen LogP contribution in [-0.4, -0.2) is 18.6 Å². The Balaban J connectivity index is 2.43. The fraction of sp³-hybridized carbons (Fsp3) is 1.00. The van der Waals surface area contributed by atoms with Crippen molar-refractivity contribution in [3.8, 4) is 0 Å². The number of rotatable bonds is 0. The van der Waals surface area contributed by atoms with E-state index in [2.05, 4.69) is 20.8 Å². The molecule has 0 aromatic heterocycles. The highest BCUT2D eigenvalue weighted by molar-refractivity contribution is 4.59. The fourth-order valence-electron chi connectivity index (χ4n) is 1.91. The molecule has 1 aliphatic heterocycles. The second-order valence-electron chi connectivity index (χ2n) is 4.77. The predicted octanol–water partition coefficient (Wildman–Crippen LogP) is 1.24. The minimum atomic E-state index is 0.477. The van der Waals surface area contributed by atoms with Crippen LogP contribution in [0.3, 0.4) is 0 Å². The molecular weight excluding hydrogens is 134 g/mol. The summed E-state index contributed by atoms with van der Waals surface area (Å²) >= 11 is 0. The maximum absolute atomic E-state index is 2.35. The van der Waals surface area contributed by atoms with Gasteiger partial charge in [-0.15, -0.1) is 0 Å². The molecule has 1 nitrogen and oxygen atoms in total. The van der Waals surface area contributed by atoms with Crippen molar-refractivity contribution in [3.63, 3.8) is 0 Å². The lowest BCUT2D eigenvalue weighted by Crippen LogP contribution is -3.18. The van der Waals surface area contributed by atoms with Gasteiger partial charge >= 0.3 is 0 Å². The summed E-state index contributed by atoms with van der Waals surface area (Å²) in [5.74, 6) is 0. The van der Waals surface area contributed by atoms with E-state index in [1.165, 1.54) is 38.8 Å². The van der Waals surface area contributed by atoms with Crippen molar-refractivity contribution in [3.05, 3.63) is 0 Å². The fourth-order valence-corrected chi connectivity index (χ4v) is 1.91. The third-order valence-electron chi connectivity index (χ3n) is 2.77. The minimum absolute atomic E-state index is 0.477. The van der Waals surface area contributed by atoms with Crippen molar-refractivity contribution in [2.45, 2.75) is 52.0 Å². The van der Waals surface area contributed by atoms with Crippen LogP contribution in [0.2, 0.25) is 0 Å². The number of hydrogen-bond acceptors (Lipinski definition) is 0. The summed E-state index contributed by atoms with van der Waals surface area (Å²) in [5.41, 5.74) is 0.477. The van der Waals surface area contributed by atoms with Crippen molar-refractivity contribution in [2.24, 2.45) is 0 Å². The van der Waals surface area contributed by atoms with Crippen LogP contribution in [0.4, 0.5) is 0 Å². The van der Waals surface area contributed by atoms with Gasteiger partial charge in [0.15, 0.2) is 0 Å². The molecule has 0 unspecified atom stereocenters. The molecule has 1 aliphatic rings. The molecule has 0 bridgehead atoms. The Morgan fingerprint density at radius 1 is 0.818 bits per heavy atom. The van der Waals surface area contributed by atoms with Gasteiger partial charge in [-0.3, -0.25) is 0 Å². The van der Waals surface area contributed by atoms with Gasteiger partial charge in [0.25, 0.3) is 0 Å². The average molecular weight is 156 g/mol. The van der Waals surface area contributed by atoms with E-state index >= 15 is 0 Å². The molecule has 1 saturated heterocycles. The monoisotopic (exact) mass is 156 g/mol. The SMILES string of the molecule is CC(C)(C)[NH+]1CCCCCC1. The van der Waals surface area contributed by atoms with Crippen LogP contribution in [0, 0.1) is 0 Å². The molecule has 1 heteroatoms. The van der Waals surface area contributed by atoms with Gasteiger partial charge < -0.3 is 4.90 Å². The number of hydrogen-bond donors (Lipinski definition) is 1. The van der Waals surface area contributed by atoms with Gasteiger partial charge in [0.1, 0.15) is 0 Å². The molecule has 1 heterocycles. The molecule has 0 saturated carbocycles. The topological polar surface area (TPSA) is 4.44 Å². The largest absolute Gasteiger partial charge is 0.331 e. The Kier molecular flexibility index (Phi) is 2.94. The smallest absolute Gasteiger partial charge is 0.0891 e.